The Kier molecular flexibility index (Phi) is 1.22. The van der Waals surface area contributed by atoms with Gasteiger partial charge in [-0.3, -0.25) is 0 Å². The molecule has 0 heterocycles. The van der Waals surface area contributed by atoms with Crippen LogP contribution in [0.1, 0.15) is 17.2 Å². The molecule has 1 atom stereocenters. The molecule has 1 unspecified atom stereocenters. The highest BCUT2D eigenvalue weighted by Crippen LogP contribution is 2.32. The quantitative estimate of drug-likeness (QED) is 0.606. The van der Waals surface area contributed by atoms with Crippen LogP contribution in [0.3, 0.4) is 0 Å². The second kappa shape index (κ2) is 1.97. The minimum atomic E-state index is 0.230. The summed E-state index contributed by atoms with van der Waals surface area (Å²) in [6, 6.07) is 6.13. The summed E-state index contributed by atoms with van der Waals surface area (Å²) in [4.78, 5) is 0. The lowest BCUT2D eigenvalue weighted by molar-refractivity contribution is 0.636. The maximum atomic E-state index is 5.76. The van der Waals surface area contributed by atoms with Crippen LogP contribution in [0, 0.1) is 0 Å². The minimum absolute atomic E-state index is 0.230. The van der Waals surface area contributed by atoms with Gasteiger partial charge >= 0.3 is 0 Å². The summed E-state index contributed by atoms with van der Waals surface area (Å²) < 4.78 is 0. The van der Waals surface area contributed by atoms with Crippen LogP contribution in [-0.4, -0.2) is 0 Å². The smallest absolute Gasteiger partial charge is 0.0409 e. The van der Waals surface area contributed by atoms with Gasteiger partial charge in [-0.05, 0) is 29.7 Å². The molecule has 0 saturated carbocycles. The third-order valence-electron chi connectivity index (χ3n) is 1.95. The summed E-state index contributed by atoms with van der Waals surface area (Å²) in [5.41, 5.74) is 8.26. The van der Waals surface area contributed by atoms with Gasteiger partial charge in [-0.1, -0.05) is 17.7 Å². The standard InChI is InChI=1S/C8H8ClN/c9-6-2-1-5-3-8(10)7(5)4-6/h1-2,4,8H,3,10H2. The molecule has 0 aliphatic heterocycles. The number of hydrogen-bond acceptors (Lipinski definition) is 1. The van der Waals surface area contributed by atoms with Crippen LogP contribution in [0.15, 0.2) is 18.2 Å². The minimum Gasteiger partial charge on any atom is -0.324 e. The van der Waals surface area contributed by atoms with Gasteiger partial charge in [-0.2, -0.15) is 0 Å². The third-order valence-corrected chi connectivity index (χ3v) is 2.18. The first-order chi connectivity index (χ1) is 4.77. The van der Waals surface area contributed by atoms with Crippen molar-refractivity contribution in [3.05, 3.63) is 34.3 Å². The fourth-order valence-corrected chi connectivity index (χ4v) is 1.49. The summed E-state index contributed by atoms with van der Waals surface area (Å²) in [5.74, 6) is 0. The molecule has 1 aromatic rings. The SMILES string of the molecule is NC1Cc2ccc(Cl)cc21. The second-order valence-electron chi connectivity index (χ2n) is 2.65. The molecule has 52 valence electrons. The molecule has 0 bridgehead atoms. The van der Waals surface area contributed by atoms with E-state index in [4.69, 9.17) is 17.3 Å². The zero-order valence-corrected chi connectivity index (χ0v) is 6.23. The van der Waals surface area contributed by atoms with Crippen LogP contribution < -0.4 is 5.73 Å². The van der Waals surface area contributed by atoms with Gasteiger partial charge in [0.05, 0.1) is 0 Å². The highest BCUT2D eigenvalue weighted by atomic mass is 35.5. The molecule has 2 N–H and O–H groups in total. The second-order valence-corrected chi connectivity index (χ2v) is 3.09. The fraction of sp³-hybridized carbons (Fsp3) is 0.250. The van der Waals surface area contributed by atoms with E-state index in [0.29, 0.717) is 0 Å². The molecule has 0 spiro atoms. The number of fused-ring (bicyclic) bond motifs is 1. The molecule has 1 nitrogen and oxygen atoms in total. The first kappa shape index (κ1) is 6.20. The van der Waals surface area contributed by atoms with E-state index in [-0.39, 0.29) is 6.04 Å². The summed E-state index contributed by atoms with van der Waals surface area (Å²) >= 11 is 5.76. The van der Waals surface area contributed by atoms with Crippen LogP contribution in [-0.2, 0) is 6.42 Å². The normalized spacial score (nSPS) is 21.6. The van der Waals surface area contributed by atoms with Crippen molar-refractivity contribution in [3.8, 4) is 0 Å². The first-order valence-corrected chi connectivity index (χ1v) is 3.69. The van der Waals surface area contributed by atoms with E-state index in [1.54, 1.807) is 0 Å². The predicted octanol–water partition coefficient (Wildman–Crippen LogP) is 1.90. The molecule has 1 aliphatic carbocycles. The summed E-state index contributed by atoms with van der Waals surface area (Å²) in [5, 5.41) is 0.786. The zero-order chi connectivity index (χ0) is 7.14. The summed E-state index contributed by atoms with van der Waals surface area (Å²) in [6.45, 7) is 0. The molecule has 2 rings (SSSR count). The highest BCUT2D eigenvalue weighted by Gasteiger charge is 2.21. The van der Waals surface area contributed by atoms with E-state index in [1.165, 1.54) is 11.1 Å². The van der Waals surface area contributed by atoms with Crippen LogP contribution in [0.5, 0.6) is 0 Å². The van der Waals surface area contributed by atoms with Crippen LogP contribution >= 0.6 is 11.6 Å². The number of rotatable bonds is 0. The Morgan fingerprint density at radius 2 is 2.30 bits per heavy atom. The van der Waals surface area contributed by atoms with Gasteiger partial charge in [0.1, 0.15) is 0 Å². The molecule has 0 amide bonds. The molecule has 0 aromatic heterocycles. The molecular formula is C8H8ClN. The van der Waals surface area contributed by atoms with Crippen molar-refractivity contribution >= 4 is 11.6 Å². The van der Waals surface area contributed by atoms with Gasteiger partial charge < -0.3 is 5.73 Å². The Morgan fingerprint density at radius 1 is 1.50 bits per heavy atom. The van der Waals surface area contributed by atoms with Crippen LogP contribution in [0.25, 0.3) is 0 Å². The summed E-state index contributed by atoms with van der Waals surface area (Å²) in [6.07, 6.45) is 1.01. The molecule has 0 fully saturated rings. The Labute approximate surface area is 64.8 Å². The topological polar surface area (TPSA) is 26.0 Å². The zero-order valence-electron chi connectivity index (χ0n) is 5.47. The average molecular weight is 154 g/mol. The van der Waals surface area contributed by atoms with Crippen molar-refractivity contribution < 1.29 is 0 Å². The van der Waals surface area contributed by atoms with E-state index in [1.807, 2.05) is 18.2 Å². The molecule has 0 saturated heterocycles. The molecule has 10 heavy (non-hydrogen) atoms. The molecular weight excluding hydrogens is 146 g/mol. The number of benzene rings is 1. The third kappa shape index (κ3) is 0.746. The number of hydrogen-bond donors (Lipinski definition) is 1. The molecule has 2 heteroatoms. The van der Waals surface area contributed by atoms with Crippen molar-refractivity contribution in [1.29, 1.82) is 0 Å². The van der Waals surface area contributed by atoms with Gasteiger partial charge in [0.2, 0.25) is 0 Å². The van der Waals surface area contributed by atoms with E-state index in [0.717, 1.165) is 11.4 Å². The molecule has 1 aliphatic rings. The van der Waals surface area contributed by atoms with E-state index < -0.39 is 0 Å². The Morgan fingerprint density at radius 3 is 2.90 bits per heavy atom. The van der Waals surface area contributed by atoms with E-state index in [2.05, 4.69) is 0 Å². The van der Waals surface area contributed by atoms with Crippen molar-refractivity contribution in [3.63, 3.8) is 0 Å². The lowest BCUT2D eigenvalue weighted by Crippen LogP contribution is -2.24. The number of nitrogens with two attached hydrogens (primary N) is 1. The lowest BCUT2D eigenvalue weighted by atomic mass is 9.84. The van der Waals surface area contributed by atoms with Crippen molar-refractivity contribution in [2.24, 2.45) is 5.73 Å². The van der Waals surface area contributed by atoms with E-state index in [9.17, 15) is 0 Å². The Bertz CT molecular complexity index is 270. The van der Waals surface area contributed by atoms with Crippen molar-refractivity contribution in [1.82, 2.24) is 0 Å². The van der Waals surface area contributed by atoms with Crippen molar-refractivity contribution in [2.45, 2.75) is 12.5 Å². The van der Waals surface area contributed by atoms with Gasteiger partial charge in [-0.25, -0.2) is 0 Å². The van der Waals surface area contributed by atoms with Crippen LogP contribution in [0.4, 0.5) is 0 Å². The first-order valence-electron chi connectivity index (χ1n) is 3.31. The van der Waals surface area contributed by atoms with Crippen LogP contribution in [0.2, 0.25) is 5.02 Å². The van der Waals surface area contributed by atoms with Crippen molar-refractivity contribution in [2.75, 3.05) is 0 Å². The van der Waals surface area contributed by atoms with E-state index >= 15 is 0 Å². The fourth-order valence-electron chi connectivity index (χ4n) is 1.31. The highest BCUT2D eigenvalue weighted by molar-refractivity contribution is 6.30. The largest absolute Gasteiger partial charge is 0.324 e. The summed E-state index contributed by atoms with van der Waals surface area (Å²) in [7, 11) is 0. The maximum absolute atomic E-state index is 5.76. The van der Waals surface area contributed by atoms with Gasteiger partial charge in [0.25, 0.3) is 0 Å². The average Bonchev–Trinajstić information content (AvgIpc) is 1.92. The molecule has 0 radical (unpaired) electrons. The predicted molar refractivity (Wildman–Crippen MR) is 42.1 cm³/mol. The van der Waals surface area contributed by atoms with Gasteiger partial charge in [-0.15, -0.1) is 0 Å². The monoisotopic (exact) mass is 153 g/mol. The van der Waals surface area contributed by atoms with Gasteiger partial charge in [0.15, 0.2) is 0 Å². The molecule has 1 aromatic carbocycles. The maximum Gasteiger partial charge on any atom is 0.0409 e. The van der Waals surface area contributed by atoms with Gasteiger partial charge in [0, 0.05) is 11.1 Å². The Hall–Kier alpha value is -0.530. The number of halogens is 1. The lowest BCUT2D eigenvalue weighted by Gasteiger charge is -2.26. The Balaban J connectivity index is 2.51.